The zero-order valence-corrected chi connectivity index (χ0v) is 18.1. The van der Waals surface area contributed by atoms with Crippen molar-refractivity contribution in [2.24, 2.45) is 0 Å². The van der Waals surface area contributed by atoms with E-state index in [4.69, 9.17) is 9.26 Å². The average molecular weight is 433 g/mol. The summed E-state index contributed by atoms with van der Waals surface area (Å²) in [5.74, 6) is 0.896. The number of piperidine rings is 1. The van der Waals surface area contributed by atoms with E-state index in [1.807, 2.05) is 54.6 Å². The number of carbonyl (C=O) groups excluding carboxylic acids is 1. The molecule has 2 aromatic heterocycles. The molecule has 1 saturated heterocycles. The second-order valence-electron chi connectivity index (χ2n) is 7.77. The first kappa shape index (κ1) is 21.8. The van der Waals surface area contributed by atoms with Gasteiger partial charge >= 0.3 is 0 Å². The Balaban J connectivity index is 1.18. The van der Waals surface area contributed by atoms with E-state index in [1.54, 1.807) is 12.3 Å². The summed E-state index contributed by atoms with van der Waals surface area (Å²) in [6.07, 6.45) is 9.38. The van der Waals surface area contributed by atoms with Gasteiger partial charge in [-0.15, -0.1) is 0 Å². The Morgan fingerprint density at radius 2 is 1.94 bits per heavy atom. The predicted octanol–water partition coefficient (Wildman–Crippen LogP) is 4.09. The molecule has 32 heavy (non-hydrogen) atoms. The van der Waals surface area contributed by atoms with Crippen LogP contribution in [-0.2, 0) is 6.54 Å². The molecule has 0 bridgehead atoms. The normalized spacial score (nSPS) is 14.5. The summed E-state index contributed by atoms with van der Waals surface area (Å²) in [5, 5.41) is 6.64. The molecule has 0 unspecified atom stereocenters. The van der Waals surface area contributed by atoms with Crippen molar-refractivity contribution in [2.75, 3.05) is 26.2 Å². The molecule has 3 aromatic rings. The van der Waals surface area contributed by atoms with Gasteiger partial charge in [-0.2, -0.15) is 0 Å². The molecule has 1 aromatic carbocycles. The van der Waals surface area contributed by atoms with Gasteiger partial charge in [0.2, 0.25) is 5.88 Å². The van der Waals surface area contributed by atoms with Gasteiger partial charge in [-0.05, 0) is 43.6 Å². The van der Waals surface area contributed by atoms with Crippen LogP contribution in [0, 0.1) is 0 Å². The number of pyridine rings is 1. The molecular formula is C25H28N4O3. The fourth-order valence-corrected chi connectivity index (χ4v) is 3.65. The smallest absolute Gasteiger partial charge is 0.273 e. The number of benzene rings is 1. The lowest BCUT2D eigenvalue weighted by Gasteiger charge is -2.26. The molecule has 1 aliphatic rings. The maximum absolute atomic E-state index is 12.2. The van der Waals surface area contributed by atoms with Gasteiger partial charge in [0.1, 0.15) is 6.61 Å². The first-order valence-corrected chi connectivity index (χ1v) is 11.0. The summed E-state index contributed by atoms with van der Waals surface area (Å²) in [4.78, 5) is 19.0. The molecule has 3 heterocycles. The van der Waals surface area contributed by atoms with Crippen molar-refractivity contribution in [2.45, 2.75) is 25.8 Å². The van der Waals surface area contributed by atoms with Crippen molar-refractivity contribution < 1.29 is 14.1 Å². The van der Waals surface area contributed by atoms with Crippen molar-refractivity contribution in [3.05, 3.63) is 78.1 Å². The zero-order chi connectivity index (χ0) is 22.0. The Hall–Kier alpha value is -3.45. The number of ether oxygens (including phenoxy) is 1. The molecule has 0 saturated carbocycles. The van der Waals surface area contributed by atoms with Crippen LogP contribution in [0.2, 0.25) is 0 Å². The first-order chi connectivity index (χ1) is 15.8. The third kappa shape index (κ3) is 6.28. The highest BCUT2D eigenvalue weighted by atomic mass is 16.5. The van der Waals surface area contributed by atoms with Crippen LogP contribution in [0.1, 0.15) is 35.3 Å². The van der Waals surface area contributed by atoms with Crippen LogP contribution >= 0.6 is 0 Å². The fraction of sp³-hybridized carbons (Fsp3) is 0.320. The maximum atomic E-state index is 12.2. The van der Waals surface area contributed by atoms with Crippen molar-refractivity contribution >= 4 is 5.91 Å². The van der Waals surface area contributed by atoms with E-state index in [1.165, 1.54) is 24.8 Å². The third-order valence-electron chi connectivity index (χ3n) is 5.33. The molecule has 1 amide bonds. The number of carbonyl (C=O) groups is 1. The minimum absolute atomic E-state index is 0.253. The highest BCUT2D eigenvalue weighted by molar-refractivity contribution is 5.93. The Bertz CT molecular complexity index is 1030. The topological polar surface area (TPSA) is 80.5 Å². The van der Waals surface area contributed by atoms with E-state index in [0.717, 1.165) is 25.2 Å². The molecule has 0 radical (unpaired) electrons. The Morgan fingerprint density at radius 3 is 2.78 bits per heavy atom. The quantitative estimate of drug-likeness (QED) is 0.513. The number of amides is 1. The summed E-state index contributed by atoms with van der Waals surface area (Å²) in [7, 11) is 0. The van der Waals surface area contributed by atoms with E-state index in [2.05, 4.69) is 20.4 Å². The number of rotatable bonds is 9. The van der Waals surface area contributed by atoms with Gasteiger partial charge in [0, 0.05) is 37.0 Å². The average Bonchev–Trinajstić information content (AvgIpc) is 3.33. The molecule has 7 nitrogen and oxygen atoms in total. The van der Waals surface area contributed by atoms with E-state index in [0.29, 0.717) is 24.8 Å². The molecule has 1 aliphatic heterocycles. The van der Waals surface area contributed by atoms with Crippen molar-refractivity contribution in [1.29, 1.82) is 0 Å². The van der Waals surface area contributed by atoms with Gasteiger partial charge in [0.25, 0.3) is 5.91 Å². The monoisotopic (exact) mass is 432 g/mol. The molecular weight excluding hydrogens is 404 g/mol. The van der Waals surface area contributed by atoms with Gasteiger partial charge in [-0.25, -0.2) is 4.98 Å². The number of likely N-dealkylation sites (tertiary alicyclic amines) is 1. The molecule has 166 valence electrons. The minimum Gasteiger partial charge on any atom is -0.473 e. The molecule has 0 spiro atoms. The van der Waals surface area contributed by atoms with Crippen LogP contribution in [0.3, 0.4) is 0 Å². The van der Waals surface area contributed by atoms with Crippen LogP contribution in [0.4, 0.5) is 0 Å². The van der Waals surface area contributed by atoms with Gasteiger partial charge in [0.15, 0.2) is 11.5 Å². The highest BCUT2D eigenvalue weighted by Gasteiger charge is 2.13. The molecule has 0 aliphatic carbocycles. The summed E-state index contributed by atoms with van der Waals surface area (Å²) in [5.41, 5.74) is 2.35. The van der Waals surface area contributed by atoms with Crippen molar-refractivity contribution in [3.8, 4) is 17.2 Å². The second-order valence-corrected chi connectivity index (χ2v) is 7.77. The summed E-state index contributed by atoms with van der Waals surface area (Å²) in [6.45, 7) is 4.02. The molecule has 4 rings (SSSR count). The van der Waals surface area contributed by atoms with Crippen LogP contribution in [0.15, 0.2) is 71.4 Å². The highest BCUT2D eigenvalue weighted by Crippen LogP contribution is 2.19. The van der Waals surface area contributed by atoms with Gasteiger partial charge < -0.3 is 14.6 Å². The lowest BCUT2D eigenvalue weighted by atomic mass is 10.1. The zero-order valence-electron chi connectivity index (χ0n) is 18.1. The second kappa shape index (κ2) is 11.2. The first-order valence-electron chi connectivity index (χ1n) is 11.0. The number of nitrogens with one attached hydrogen (secondary N) is 1. The Labute approximate surface area is 188 Å². The molecule has 1 fully saturated rings. The van der Waals surface area contributed by atoms with Crippen LogP contribution in [-0.4, -0.2) is 47.2 Å². The van der Waals surface area contributed by atoms with Crippen molar-refractivity contribution in [1.82, 2.24) is 20.4 Å². The molecule has 1 N–H and O–H groups in total. The summed E-state index contributed by atoms with van der Waals surface area (Å²) >= 11 is 0. The van der Waals surface area contributed by atoms with Gasteiger partial charge in [-0.1, -0.05) is 48.0 Å². The lowest BCUT2D eigenvalue weighted by Crippen LogP contribution is -2.29. The third-order valence-corrected chi connectivity index (χ3v) is 5.33. The largest absolute Gasteiger partial charge is 0.473 e. The SMILES string of the molecule is O=C(NCC=CCOc1cc(CN2CCCCC2)ccn1)c1cc(-c2ccccc2)on1. The van der Waals surface area contributed by atoms with Crippen LogP contribution < -0.4 is 10.1 Å². The molecule has 0 atom stereocenters. The van der Waals surface area contributed by atoms with Crippen LogP contribution in [0.25, 0.3) is 11.3 Å². The standard InChI is InChI=1S/C25H28N4O3/c30-25(22-18-23(32-28-22)21-9-3-1-4-10-21)27-12-5-8-16-31-24-17-20(11-13-26-24)19-29-14-6-2-7-15-29/h1,3-5,8-11,13,17-18H,2,6-7,12,14-16,19H2,(H,27,30). The van der Waals surface area contributed by atoms with Crippen molar-refractivity contribution in [3.63, 3.8) is 0 Å². The van der Waals surface area contributed by atoms with E-state index >= 15 is 0 Å². The Kier molecular flexibility index (Phi) is 7.65. The number of hydrogen-bond acceptors (Lipinski definition) is 6. The number of hydrogen-bond donors (Lipinski definition) is 1. The predicted molar refractivity (Wildman–Crippen MR) is 122 cm³/mol. The lowest BCUT2D eigenvalue weighted by molar-refractivity contribution is 0.0949. The van der Waals surface area contributed by atoms with Gasteiger partial charge in [-0.3, -0.25) is 9.69 Å². The number of aromatic nitrogens is 2. The number of nitrogens with zero attached hydrogens (tertiary/aromatic N) is 3. The van der Waals surface area contributed by atoms with Gasteiger partial charge in [0.05, 0.1) is 0 Å². The summed E-state index contributed by atoms with van der Waals surface area (Å²) < 4.78 is 11.0. The Morgan fingerprint density at radius 1 is 1.09 bits per heavy atom. The summed E-state index contributed by atoms with van der Waals surface area (Å²) in [6, 6.07) is 15.2. The van der Waals surface area contributed by atoms with E-state index in [9.17, 15) is 4.79 Å². The maximum Gasteiger partial charge on any atom is 0.273 e. The minimum atomic E-state index is -0.284. The van der Waals surface area contributed by atoms with E-state index < -0.39 is 0 Å². The van der Waals surface area contributed by atoms with Crippen LogP contribution in [0.5, 0.6) is 5.88 Å². The molecule has 7 heteroatoms. The fourth-order valence-electron chi connectivity index (χ4n) is 3.65. The van der Waals surface area contributed by atoms with E-state index in [-0.39, 0.29) is 11.6 Å².